The fourth-order valence-corrected chi connectivity index (χ4v) is 5.81. The Labute approximate surface area is 322 Å². The van der Waals surface area contributed by atoms with Gasteiger partial charge in [0.15, 0.2) is 0 Å². The van der Waals surface area contributed by atoms with Crippen LogP contribution in [0.1, 0.15) is 135 Å². The van der Waals surface area contributed by atoms with Crippen molar-refractivity contribution < 1.29 is 42.6 Å². The molecule has 0 aliphatic carbocycles. The minimum absolute atomic E-state index is 0.543. The number of hydrogen-bond acceptors (Lipinski definition) is 9. The van der Waals surface area contributed by atoms with E-state index >= 15 is 0 Å². The zero-order valence-electron chi connectivity index (χ0n) is 32.6. The van der Waals surface area contributed by atoms with Crippen LogP contribution in [0.2, 0.25) is 0 Å². The molecular weight excluding hydrogens is 751 g/mol. The zero-order valence-corrected chi connectivity index (χ0v) is 34.8. The van der Waals surface area contributed by atoms with E-state index < -0.39 is 0 Å². The molecule has 0 saturated carbocycles. The second-order valence-electron chi connectivity index (χ2n) is 12.9. The van der Waals surface area contributed by atoms with Gasteiger partial charge in [-0.1, -0.05) is 139 Å². The van der Waals surface area contributed by atoms with Crippen molar-refractivity contribution in [1.29, 1.82) is 0 Å². The molecule has 50 heavy (non-hydrogen) atoms. The van der Waals surface area contributed by atoms with E-state index in [0.717, 1.165) is 26.1 Å². The van der Waals surface area contributed by atoms with Crippen LogP contribution in [0, 0.1) is 0 Å². The van der Waals surface area contributed by atoms with Crippen molar-refractivity contribution in [3.05, 3.63) is 0 Å². The molecule has 0 rings (SSSR count). The first-order chi connectivity index (χ1) is 24.9. The molecule has 0 atom stereocenters. The van der Waals surface area contributed by atoms with E-state index in [2.05, 4.69) is 29.5 Å². The van der Waals surface area contributed by atoms with Crippen molar-refractivity contribution in [2.24, 2.45) is 0 Å². The van der Waals surface area contributed by atoms with Gasteiger partial charge < -0.3 is 42.6 Å². The van der Waals surface area contributed by atoms with E-state index in [4.69, 9.17) is 42.6 Å². The summed E-state index contributed by atoms with van der Waals surface area (Å²) >= 11 is 2.43. The highest BCUT2D eigenvalue weighted by molar-refractivity contribution is 14.1. The summed E-state index contributed by atoms with van der Waals surface area (Å²) in [4.78, 5) is 0. The highest BCUT2D eigenvalue weighted by atomic mass is 127. The smallest absolute Gasteiger partial charge is 0.0701 e. The second-order valence-corrected chi connectivity index (χ2v) is 14.0. The quantitative estimate of drug-likeness (QED) is 0.0339. The summed E-state index contributed by atoms with van der Waals surface area (Å²) in [5, 5.41) is 0. The molecule has 0 unspecified atom stereocenters. The first-order valence-corrected chi connectivity index (χ1v) is 22.2. The van der Waals surface area contributed by atoms with E-state index in [1.807, 2.05) is 0 Å². The van der Waals surface area contributed by atoms with Crippen molar-refractivity contribution in [3.63, 3.8) is 0 Å². The molecule has 10 heteroatoms. The van der Waals surface area contributed by atoms with Crippen molar-refractivity contribution in [2.45, 2.75) is 135 Å². The van der Waals surface area contributed by atoms with E-state index in [-0.39, 0.29) is 0 Å². The first-order valence-electron chi connectivity index (χ1n) is 20.7. The van der Waals surface area contributed by atoms with E-state index in [1.165, 1.54) is 120 Å². The van der Waals surface area contributed by atoms with E-state index in [9.17, 15) is 0 Å². The average Bonchev–Trinajstić information content (AvgIpc) is 3.13. The predicted molar refractivity (Wildman–Crippen MR) is 214 cm³/mol. The summed E-state index contributed by atoms with van der Waals surface area (Å²) in [5.74, 6) is 0. The molecule has 0 aliphatic heterocycles. The fraction of sp³-hybridized carbons (Fsp3) is 1.00. The Morgan fingerprint density at radius 1 is 0.220 bits per heavy atom. The van der Waals surface area contributed by atoms with Crippen LogP contribution in [0.15, 0.2) is 0 Å². The molecule has 302 valence electrons. The second kappa shape index (κ2) is 49.4. The maximum Gasteiger partial charge on any atom is 0.0701 e. The lowest BCUT2D eigenvalue weighted by Crippen LogP contribution is -2.15. The SMILES string of the molecule is CCCCCCCCCCCCCCCCCCOCCOCCOCCOCCOCCOCCOCCOCCOCCCCCCI. The normalized spacial score (nSPS) is 11.6. The Bertz CT molecular complexity index is 529. The highest BCUT2D eigenvalue weighted by Gasteiger charge is 1.98. The lowest BCUT2D eigenvalue weighted by atomic mass is 10.0. The van der Waals surface area contributed by atoms with Crippen LogP contribution in [0.25, 0.3) is 0 Å². The van der Waals surface area contributed by atoms with Crippen LogP contribution in [0.3, 0.4) is 0 Å². The number of halogens is 1. The highest BCUT2D eigenvalue weighted by Crippen LogP contribution is 2.13. The minimum Gasteiger partial charge on any atom is -0.379 e. The molecule has 0 radical (unpaired) electrons. The summed E-state index contributed by atoms with van der Waals surface area (Å²) < 4.78 is 51.2. The number of ether oxygens (including phenoxy) is 9. The van der Waals surface area contributed by atoms with Gasteiger partial charge in [-0.15, -0.1) is 0 Å². The zero-order chi connectivity index (χ0) is 35.9. The van der Waals surface area contributed by atoms with Gasteiger partial charge in [0.25, 0.3) is 0 Å². The Balaban J connectivity index is 3.04. The standard InChI is InChI=1S/C40H81IO9/c1-2-3-4-5-6-7-8-9-10-11-12-13-14-15-17-20-23-42-25-27-44-29-31-46-33-35-48-37-39-50-40-38-49-36-34-47-32-30-45-28-26-43-24-21-18-16-19-22-41/h2-40H2,1H3. The lowest BCUT2D eigenvalue weighted by Gasteiger charge is -2.09. The maximum absolute atomic E-state index is 5.70. The van der Waals surface area contributed by atoms with E-state index in [0.29, 0.717) is 106 Å². The van der Waals surface area contributed by atoms with Gasteiger partial charge in [0.2, 0.25) is 0 Å². The molecule has 0 spiro atoms. The van der Waals surface area contributed by atoms with Gasteiger partial charge in [0.1, 0.15) is 0 Å². The summed E-state index contributed by atoms with van der Waals surface area (Å²) in [6.07, 6.45) is 27.3. The Morgan fingerprint density at radius 3 is 0.620 bits per heavy atom. The largest absolute Gasteiger partial charge is 0.379 e. The summed E-state index contributed by atoms with van der Waals surface area (Å²) in [5.41, 5.74) is 0. The van der Waals surface area contributed by atoms with Gasteiger partial charge in [-0.3, -0.25) is 0 Å². The third-order valence-electron chi connectivity index (χ3n) is 8.29. The molecule has 0 bridgehead atoms. The van der Waals surface area contributed by atoms with Gasteiger partial charge in [0, 0.05) is 13.2 Å². The summed E-state index contributed by atoms with van der Waals surface area (Å²) in [6.45, 7) is 13.2. The molecule has 0 heterocycles. The van der Waals surface area contributed by atoms with Crippen LogP contribution in [-0.2, 0) is 42.6 Å². The minimum atomic E-state index is 0.543. The number of alkyl halides is 1. The molecule has 0 aromatic carbocycles. The maximum atomic E-state index is 5.70. The van der Waals surface area contributed by atoms with Gasteiger partial charge in [-0.05, 0) is 23.7 Å². The van der Waals surface area contributed by atoms with Crippen molar-refractivity contribution in [2.75, 3.05) is 123 Å². The van der Waals surface area contributed by atoms with Crippen LogP contribution < -0.4 is 0 Å². The van der Waals surface area contributed by atoms with Crippen LogP contribution in [0.4, 0.5) is 0 Å². The Morgan fingerprint density at radius 2 is 0.400 bits per heavy atom. The molecule has 0 saturated heterocycles. The van der Waals surface area contributed by atoms with Gasteiger partial charge >= 0.3 is 0 Å². The van der Waals surface area contributed by atoms with Crippen LogP contribution >= 0.6 is 22.6 Å². The molecule has 0 fully saturated rings. The van der Waals surface area contributed by atoms with Gasteiger partial charge in [-0.25, -0.2) is 0 Å². The number of rotatable bonds is 47. The molecule has 0 amide bonds. The third kappa shape index (κ3) is 48.4. The molecule has 0 aromatic rings. The van der Waals surface area contributed by atoms with Gasteiger partial charge in [0.05, 0.1) is 106 Å². The monoisotopic (exact) mass is 832 g/mol. The Kier molecular flexibility index (Phi) is 49.7. The Hall–Kier alpha value is 0.370. The lowest BCUT2D eigenvalue weighted by molar-refractivity contribution is -0.0250. The number of unbranched alkanes of at least 4 members (excludes halogenated alkanes) is 18. The predicted octanol–water partition coefficient (Wildman–Crippen LogP) is 9.39. The van der Waals surface area contributed by atoms with Gasteiger partial charge in [-0.2, -0.15) is 0 Å². The fourth-order valence-electron chi connectivity index (χ4n) is 5.27. The van der Waals surface area contributed by atoms with Crippen molar-refractivity contribution >= 4 is 22.6 Å². The third-order valence-corrected chi connectivity index (χ3v) is 9.05. The number of hydrogen-bond donors (Lipinski definition) is 0. The van der Waals surface area contributed by atoms with Crippen LogP contribution in [0.5, 0.6) is 0 Å². The summed E-state index contributed by atoms with van der Waals surface area (Å²) in [7, 11) is 0. The van der Waals surface area contributed by atoms with E-state index in [1.54, 1.807) is 0 Å². The molecule has 9 nitrogen and oxygen atoms in total. The van der Waals surface area contributed by atoms with Crippen molar-refractivity contribution in [1.82, 2.24) is 0 Å². The van der Waals surface area contributed by atoms with Crippen molar-refractivity contribution in [3.8, 4) is 0 Å². The van der Waals surface area contributed by atoms with Crippen LogP contribution in [-0.4, -0.2) is 123 Å². The molecule has 0 N–H and O–H groups in total. The average molecular weight is 833 g/mol. The summed E-state index contributed by atoms with van der Waals surface area (Å²) in [6, 6.07) is 0. The molecular formula is C40H81IO9. The first kappa shape index (κ1) is 50.4. The topological polar surface area (TPSA) is 83.1 Å². The molecule has 0 aliphatic rings. The molecule has 0 aromatic heterocycles.